The number of hydrogen-bond acceptors (Lipinski definition) is 6. The molecule has 0 amide bonds. The molecule has 0 saturated carbocycles. The van der Waals surface area contributed by atoms with Gasteiger partial charge in [0, 0.05) is 0 Å². The summed E-state index contributed by atoms with van der Waals surface area (Å²) in [6, 6.07) is 0. The standard InChI is InChI=1S/C9H14O6/c1-6(12-3-10-1)9-8-7(13-5-15-9)2-11-4-14-8/h6-9H,1-5H2/t6-,7-,8+,9-/m1/s1. The highest BCUT2D eigenvalue weighted by molar-refractivity contribution is 4.89. The van der Waals surface area contributed by atoms with Gasteiger partial charge in [0.15, 0.2) is 0 Å². The first-order valence-corrected chi connectivity index (χ1v) is 5.07. The van der Waals surface area contributed by atoms with Crippen molar-refractivity contribution in [1.82, 2.24) is 0 Å². The van der Waals surface area contributed by atoms with Crippen molar-refractivity contribution in [2.24, 2.45) is 0 Å². The Morgan fingerprint density at radius 3 is 1.73 bits per heavy atom. The van der Waals surface area contributed by atoms with Crippen molar-refractivity contribution in [3.8, 4) is 0 Å². The normalized spacial score (nSPS) is 46.4. The zero-order valence-corrected chi connectivity index (χ0v) is 8.29. The molecule has 15 heavy (non-hydrogen) atoms. The Morgan fingerprint density at radius 2 is 1.13 bits per heavy atom. The summed E-state index contributed by atoms with van der Waals surface area (Å²) in [5.41, 5.74) is 0. The van der Waals surface area contributed by atoms with Crippen LogP contribution in [0.15, 0.2) is 0 Å². The van der Waals surface area contributed by atoms with E-state index in [0.717, 1.165) is 0 Å². The first kappa shape index (κ1) is 9.95. The van der Waals surface area contributed by atoms with Gasteiger partial charge in [0.05, 0.1) is 13.2 Å². The molecule has 0 aromatic carbocycles. The zero-order valence-electron chi connectivity index (χ0n) is 8.29. The molecule has 3 rings (SSSR count). The molecule has 0 N–H and O–H groups in total. The maximum atomic E-state index is 5.52. The van der Waals surface area contributed by atoms with Crippen LogP contribution >= 0.6 is 0 Å². The fraction of sp³-hybridized carbons (Fsp3) is 1.00. The predicted molar refractivity (Wildman–Crippen MR) is 46.0 cm³/mol. The second-order valence-electron chi connectivity index (χ2n) is 3.77. The molecule has 3 aliphatic rings. The third-order valence-electron chi connectivity index (χ3n) is 2.87. The Bertz CT molecular complexity index is 215. The lowest BCUT2D eigenvalue weighted by Gasteiger charge is -2.41. The van der Waals surface area contributed by atoms with Crippen molar-refractivity contribution >= 4 is 0 Å². The van der Waals surface area contributed by atoms with E-state index in [-0.39, 0.29) is 38.0 Å². The highest BCUT2D eigenvalue weighted by Gasteiger charge is 2.44. The highest BCUT2D eigenvalue weighted by Crippen LogP contribution is 2.26. The SMILES string of the molecule is C1OC[C@H]2OCO[C@H]([C@H]3COCO3)[C@H]2O1. The van der Waals surface area contributed by atoms with Crippen molar-refractivity contribution in [3.63, 3.8) is 0 Å². The quantitative estimate of drug-likeness (QED) is 0.590. The van der Waals surface area contributed by atoms with E-state index in [9.17, 15) is 0 Å². The van der Waals surface area contributed by atoms with Gasteiger partial charge in [-0.05, 0) is 0 Å². The molecule has 0 bridgehead atoms. The predicted octanol–water partition coefficient (Wildman–Crippen LogP) is -0.526. The monoisotopic (exact) mass is 218 g/mol. The lowest BCUT2D eigenvalue weighted by Crippen LogP contribution is -2.57. The van der Waals surface area contributed by atoms with Crippen LogP contribution in [0.3, 0.4) is 0 Å². The third-order valence-corrected chi connectivity index (χ3v) is 2.87. The molecule has 0 radical (unpaired) electrons. The Labute approximate surface area is 87.3 Å². The number of rotatable bonds is 1. The molecule has 0 spiro atoms. The van der Waals surface area contributed by atoms with Crippen LogP contribution in [0.4, 0.5) is 0 Å². The van der Waals surface area contributed by atoms with Crippen LogP contribution in [0.1, 0.15) is 0 Å². The van der Waals surface area contributed by atoms with Crippen LogP contribution in [-0.4, -0.2) is 58.0 Å². The minimum atomic E-state index is -0.116. The van der Waals surface area contributed by atoms with Gasteiger partial charge in [-0.3, -0.25) is 0 Å². The van der Waals surface area contributed by atoms with Gasteiger partial charge in [0.25, 0.3) is 0 Å². The fourth-order valence-corrected chi connectivity index (χ4v) is 2.10. The van der Waals surface area contributed by atoms with Crippen LogP contribution in [0.2, 0.25) is 0 Å². The molecule has 4 atom stereocenters. The molecule has 6 heteroatoms. The topological polar surface area (TPSA) is 55.4 Å². The molecule has 0 unspecified atom stereocenters. The average Bonchev–Trinajstić information content (AvgIpc) is 2.82. The number of ether oxygens (including phenoxy) is 6. The van der Waals surface area contributed by atoms with Crippen molar-refractivity contribution < 1.29 is 28.4 Å². The van der Waals surface area contributed by atoms with Crippen molar-refractivity contribution in [2.75, 3.05) is 33.6 Å². The molecule has 0 aromatic heterocycles. The molecule has 3 heterocycles. The van der Waals surface area contributed by atoms with Crippen LogP contribution in [-0.2, 0) is 28.4 Å². The molecule has 3 saturated heterocycles. The second-order valence-corrected chi connectivity index (χ2v) is 3.77. The zero-order chi connectivity index (χ0) is 10.1. The van der Waals surface area contributed by atoms with Crippen molar-refractivity contribution in [2.45, 2.75) is 24.4 Å². The molecule has 0 aromatic rings. The molecule has 3 fully saturated rings. The first-order valence-electron chi connectivity index (χ1n) is 5.07. The summed E-state index contributed by atoms with van der Waals surface area (Å²) >= 11 is 0. The summed E-state index contributed by atoms with van der Waals surface area (Å²) in [5, 5.41) is 0. The Kier molecular flexibility index (Phi) is 2.87. The van der Waals surface area contributed by atoms with Crippen LogP contribution in [0.5, 0.6) is 0 Å². The third kappa shape index (κ3) is 1.89. The van der Waals surface area contributed by atoms with E-state index in [1.54, 1.807) is 0 Å². The molecule has 6 nitrogen and oxygen atoms in total. The molecular weight excluding hydrogens is 204 g/mol. The summed E-state index contributed by atoms with van der Waals surface area (Å²) < 4.78 is 32.2. The minimum absolute atomic E-state index is 0.0540. The van der Waals surface area contributed by atoms with Gasteiger partial charge in [0.1, 0.15) is 44.8 Å². The Balaban J connectivity index is 1.69. The van der Waals surface area contributed by atoms with Crippen LogP contribution in [0.25, 0.3) is 0 Å². The summed E-state index contributed by atoms with van der Waals surface area (Å²) in [6.45, 7) is 1.99. The van der Waals surface area contributed by atoms with Crippen molar-refractivity contribution in [1.29, 1.82) is 0 Å². The maximum absolute atomic E-state index is 5.52. The fourth-order valence-electron chi connectivity index (χ4n) is 2.10. The molecule has 0 aliphatic carbocycles. The van der Waals surface area contributed by atoms with E-state index < -0.39 is 0 Å². The van der Waals surface area contributed by atoms with Gasteiger partial charge in [0.2, 0.25) is 0 Å². The molecule has 86 valence electrons. The van der Waals surface area contributed by atoms with E-state index in [2.05, 4.69) is 0 Å². The highest BCUT2D eigenvalue weighted by atomic mass is 16.8. The largest absolute Gasteiger partial charge is 0.353 e. The average molecular weight is 218 g/mol. The van der Waals surface area contributed by atoms with E-state index >= 15 is 0 Å². The van der Waals surface area contributed by atoms with Gasteiger partial charge in [-0.1, -0.05) is 0 Å². The number of hydrogen-bond donors (Lipinski definition) is 0. The summed E-state index contributed by atoms with van der Waals surface area (Å²) in [7, 11) is 0. The van der Waals surface area contributed by atoms with E-state index in [4.69, 9.17) is 28.4 Å². The maximum Gasteiger partial charge on any atom is 0.147 e. The lowest BCUT2D eigenvalue weighted by atomic mass is 10.0. The van der Waals surface area contributed by atoms with Crippen molar-refractivity contribution in [3.05, 3.63) is 0 Å². The smallest absolute Gasteiger partial charge is 0.147 e. The van der Waals surface area contributed by atoms with E-state index in [0.29, 0.717) is 20.0 Å². The minimum Gasteiger partial charge on any atom is -0.353 e. The lowest BCUT2D eigenvalue weighted by molar-refractivity contribution is -0.312. The van der Waals surface area contributed by atoms with E-state index in [1.165, 1.54) is 0 Å². The summed E-state index contributed by atoms with van der Waals surface area (Å²) in [6.07, 6.45) is -0.337. The van der Waals surface area contributed by atoms with E-state index in [1.807, 2.05) is 0 Å². The Hall–Kier alpha value is -0.240. The number of fused-ring (bicyclic) bond motifs is 1. The van der Waals surface area contributed by atoms with Gasteiger partial charge in [-0.15, -0.1) is 0 Å². The van der Waals surface area contributed by atoms with Gasteiger partial charge < -0.3 is 28.4 Å². The Morgan fingerprint density at radius 1 is 0.600 bits per heavy atom. The summed E-state index contributed by atoms with van der Waals surface area (Å²) in [5.74, 6) is 0. The van der Waals surface area contributed by atoms with Crippen LogP contribution < -0.4 is 0 Å². The van der Waals surface area contributed by atoms with Gasteiger partial charge in [-0.2, -0.15) is 0 Å². The molecule has 3 aliphatic heterocycles. The van der Waals surface area contributed by atoms with Gasteiger partial charge >= 0.3 is 0 Å². The summed E-state index contributed by atoms with van der Waals surface area (Å²) in [4.78, 5) is 0. The first-order chi connectivity index (χ1) is 7.45. The van der Waals surface area contributed by atoms with Gasteiger partial charge in [-0.25, -0.2) is 0 Å². The second kappa shape index (κ2) is 4.32. The molecular formula is C9H14O6. The van der Waals surface area contributed by atoms with Crippen LogP contribution in [0, 0.1) is 0 Å².